The molecule has 0 saturated heterocycles. The first-order valence-electron chi connectivity index (χ1n) is 9.65. The molecule has 2 aromatic heterocycles. The predicted molar refractivity (Wildman–Crippen MR) is 105 cm³/mol. The molecule has 144 valence electrons. The molecule has 7 nitrogen and oxygen atoms in total. The predicted octanol–water partition coefficient (Wildman–Crippen LogP) is 2.63. The molecule has 3 aromatic rings. The van der Waals surface area contributed by atoms with Gasteiger partial charge in [-0.3, -0.25) is 9.78 Å². The highest BCUT2D eigenvalue weighted by atomic mass is 16.2. The van der Waals surface area contributed by atoms with Gasteiger partial charge in [-0.15, -0.1) is 5.10 Å². The zero-order valence-electron chi connectivity index (χ0n) is 15.6. The molecule has 1 unspecified atom stereocenters. The van der Waals surface area contributed by atoms with Gasteiger partial charge >= 0.3 is 0 Å². The molecule has 7 heteroatoms. The van der Waals surface area contributed by atoms with E-state index in [1.54, 1.807) is 17.1 Å². The summed E-state index contributed by atoms with van der Waals surface area (Å²) < 4.78 is 1.80. The molecule has 1 aromatic carbocycles. The number of rotatable bonds is 5. The van der Waals surface area contributed by atoms with Crippen LogP contribution in [0.5, 0.6) is 0 Å². The quantitative estimate of drug-likeness (QED) is 0.713. The number of nitrogens with one attached hydrogen (secondary N) is 1. The molecular formula is C21H24N6O. The third-order valence-corrected chi connectivity index (χ3v) is 5.25. The van der Waals surface area contributed by atoms with Gasteiger partial charge in [0.05, 0.1) is 24.0 Å². The number of nitrogens with zero attached hydrogens (tertiary/aromatic N) is 4. The Morgan fingerprint density at radius 3 is 2.54 bits per heavy atom. The van der Waals surface area contributed by atoms with Gasteiger partial charge < -0.3 is 11.1 Å². The van der Waals surface area contributed by atoms with E-state index in [1.807, 2.05) is 48.5 Å². The van der Waals surface area contributed by atoms with E-state index in [0.29, 0.717) is 5.69 Å². The third-order valence-electron chi connectivity index (χ3n) is 5.25. The fourth-order valence-electron chi connectivity index (χ4n) is 3.65. The van der Waals surface area contributed by atoms with Crippen molar-refractivity contribution in [3.05, 3.63) is 77.9 Å². The number of pyridine rings is 1. The molecule has 1 aliphatic rings. The first kappa shape index (κ1) is 18.3. The number of hydrogen-bond acceptors (Lipinski definition) is 5. The molecule has 0 radical (unpaired) electrons. The van der Waals surface area contributed by atoms with E-state index in [-0.39, 0.29) is 24.0 Å². The summed E-state index contributed by atoms with van der Waals surface area (Å²) in [5, 5.41) is 11.3. The maximum absolute atomic E-state index is 12.9. The fraction of sp³-hybridized carbons (Fsp3) is 0.333. The van der Waals surface area contributed by atoms with Gasteiger partial charge in [0, 0.05) is 12.2 Å². The number of hydrogen-bond donors (Lipinski definition) is 2. The Labute approximate surface area is 164 Å². The van der Waals surface area contributed by atoms with Gasteiger partial charge in [0.1, 0.15) is 0 Å². The standard InChI is InChI=1S/C21H24N6O/c22-16-9-11-17(12-10-16)27-14-19(25-26-27)21(28)24-20(15-6-2-1-3-7-15)18-8-4-5-13-23-18/h1-8,13-14,16-17,20H,9-12,22H2,(H,24,28). The minimum atomic E-state index is -0.354. The van der Waals surface area contributed by atoms with Gasteiger partial charge in [-0.2, -0.15) is 0 Å². The van der Waals surface area contributed by atoms with Crippen LogP contribution in [0, 0.1) is 0 Å². The van der Waals surface area contributed by atoms with Gasteiger partial charge in [-0.05, 0) is 43.4 Å². The average molecular weight is 376 g/mol. The second-order valence-electron chi connectivity index (χ2n) is 7.22. The molecule has 4 rings (SSSR count). The lowest BCUT2D eigenvalue weighted by Gasteiger charge is -2.25. The van der Waals surface area contributed by atoms with Crippen LogP contribution >= 0.6 is 0 Å². The molecule has 1 aliphatic carbocycles. The van der Waals surface area contributed by atoms with Crippen LogP contribution in [0.15, 0.2) is 60.9 Å². The number of nitrogens with two attached hydrogens (primary N) is 1. The van der Waals surface area contributed by atoms with Crippen molar-refractivity contribution in [1.82, 2.24) is 25.3 Å². The molecule has 1 saturated carbocycles. The fourth-order valence-corrected chi connectivity index (χ4v) is 3.65. The first-order valence-corrected chi connectivity index (χ1v) is 9.65. The zero-order valence-corrected chi connectivity index (χ0v) is 15.6. The second kappa shape index (κ2) is 8.31. The van der Waals surface area contributed by atoms with Crippen molar-refractivity contribution in [2.75, 3.05) is 0 Å². The smallest absolute Gasteiger partial charge is 0.274 e. The van der Waals surface area contributed by atoms with Crippen LogP contribution in [-0.4, -0.2) is 31.9 Å². The van der Waals surface area contributed by atoms with Crippen molar-refractivity contribution < 1.29 is 4.79 Å². The Morgan fingerprint density at radius 2 is 1.82 bits per heavy atom. The van der Waals surface area contributed by atoms with Crippen LogP contribution in [0.3, 0.4) is 0 Å². The molecular weight excluding hydrogens is 352 g/mol. The number of carbonyl (C=O) groups excluding carboxylic acids is 1. The molecule has 28 heavy (non-hydrogen) atoms. The average Bonchev–Trinajstić information content (AvgIpc) is 3.24. The number of carbonyl (C=O) groups is 1. The summed E-state index contributed by atoms with van der Waals surface area (Å²) >= 11 is 0. The van der Waals surface area contributed by atoms with E-state index < -0.39 is 0 Å². The van der Waals surface area contributed by atoms with Gasteiger partial charge in [0.15, 0.2) is 5.69 Å². The Morgan fingerprint density at radius 1 is 1.07 bits per heavy atom. The maximum atomic E-state index is 12.9. The molecule has 0 spiro atoms. The lowest BCUT2D eigenvalue weighted by molar-refractivity contribution is 0.0937. The van der Waals surface area contributed by atoms with E-state index >= 15 is 0 Å². The lowest BCUT2D eigenvalue weighted by atomic mass is 9.92. The van der Waals surface area contributed by atoms with Crippen molar-refractivity contribution in [2.24, 2.45) is 5.73 Å². The Bertz CT molecular complexity index is 863. The second-order valence-corrected chi connectivity index (χ2v) is 7.22. The molecule has 1 atom stereocenters. The highest BCUT2D eigenvalue weighted by Gasteiger charge is 2.24. The molecule has 1 fully saturated rings. The summed E-state index contributed by atoms with van der Waals surface area (Å²) in [6, 6.07) is 15.6. The van der Waals surface area contributed by atoms with Crippen LogP contribution in [-0.2, 0) is 0 Å². The summed E-state index contributed by atoms with van der Waals surface area (Å²) in [5.74, 6) is -0.265. The van der Waals surface area contributed by atoms with Gasteiger partial charge in [-0.1, -0.05) is 41.6 Å². The van der Waals surface area contributed by atoms with Crippen LogP contribution < -0.4 is 11.1 Å². The van der Waals surface area contributed by atoms with Crippen molar-refractivity contribution in [1.29, 1.82) is 0 Å². The molecule has 0 bridgehead atoms. The highest BCUT2D eigenvalue weighted by molar-refractivity contribution is 5.92. The Balaban J connectivity index is 1.52. The maximum Gasteiger partial charge on any atom is 0.274 e. The van der Waals surface area contributed by atoms with Crippen LogP contribution in [0.1, 0.15) is 59.5 Å². The molecule has 2 heterocycles. The number of amides is 1. The van der Waals surface area contributed by atoms with Crippen molar-refractivity contribution >= 4 is 5.91 Å². The highest BCUT2D eigenvalue weighted by Crippen LogP contribution is 2.27. The summed E-state index contributed by atoms with van der Waals surface area (Å²) in [6.07, 6.45) is 7.33. The molecule has 0 aliphatic heterocycles. The summed E-state index contributed by atoms with van der Waals surface area (Å²) in [6.45, 7) is 0. The lowest BCUT2D eigenvalue weighted by Crippen LogP contribution is -2.30. The zero-order chi connectivity index (χ0) is 19.3. The molecule has 3 N–H and O–H groups in total. The summed E-state index contributed by atoms with van der Waals surface area (Å²) in [5.41, 5.74) is 8.03. The van der Waals surface area contributed by atoms with E-state index in [9.17, 15) is 4.79 Å². The van der Waals surface area contributed by atoms with E-state index in [0.717, 1.165) is 36.9 Å². The number of benzene rings is 1. The van der Waals surface area contributed by atoms with Crippen LogP contribution in [0.25, 0.3) is 0 Å². The van der Waals surface area contributed by atoms with Gasteiger partial charge in [0.2, 0.25) is 0 Å². The number of aromatic nitrogens is 4. The minimum absolute atomic E-state index is 0.259. The summed E-state index contributed by atoms with van der Waals surface area (Å²) in [7, 11) is 0. The van der Waals surface area contributed by atoms with Crippen LogP contribution in [0.4, 0.5) is 0 Å². The Kier molecular flexibility index (Phi) is 5.43. The van der Waals surface area contributed by atoms with E-state index in [4.69, 9.17) is 5.73 Å². The topological polar surface area (TPSA) is 98.7 Å². The SMILES string of the molecule is NC1CCC(n2cc(C(=O)NC(c3ccccc3)c3ccccn3)nn2)CC1. The summed E-state index contributed by atoms with van der Waals surface area (Å²) in [4.78, 5) is 17.3. The van der Waals surface area contributed by atoms with Crippen molar-refractivity contribution in [3.8, 4) is 0 Å². The van der Waals surface area contributed by atoms with Gasteiger partial charge in [-0.25, -0.2) is 4.68 Å². The monoisotopic (exact) mass is 376 g/mol. The third kappa shape index (κ3) is 4.09. The van der Waals surface area contributed by atoms with Crippen molar-refractivity contribution in [2.45, 2.75) is 43.8 Å². The normalized spacial score (nSPS) is 20.5. The van der Waals surface area contributed by atoms with E-state index in [2.05, 4.69) is 20.6 Å². The molecule has 1 amide bonds. The van der Waals surface area contributed by atoms with Gasteiger partial charge in [0.25, 0.3) is 5.91 Å². The first-order chi connectivity index (χ1) is 13.7. The Hall–Kier alpha value is -3.06. The minimum Gasteiger partial charge on any atom is -0.338 e. The largest absolute Gasteiger partial charge is 0.338 e. The van der Waals surface area contributed by atoms with E-state index in [1.165, 1.54) is 0 Å². The van der Waals surface area contributed by atoms with Crippen LogP contribution in [0.2, 0.25) is 0 Å². The van der Waals surface area contributed by atoms with Crippen molar-refractivity contribution in [3.63, 3.8) is 0 Å².